The maximum atomic E-state index is 14.1. The van der Waals surface area contributed by atoms with Crippen LogP contribution in [0.3, 0.4) is 0 Å². The summed E-state index contributed by atoms with van der Waals surface area (Å²) in [5, 5.41) is 6.64. The average molecular weight is 429 g/mol. The molecule has 0 aliphatic carbocycles. The van der Waals surface area contributed by atoms with E-state index in [1.807, 2.05) is 42.5 Å². The van der Waals surface area contributed by atoms with Crippen molar-refractivity contribution in [3.8, 4) is 0 Å². The smallest absolute Gasteiger partial charge is 0.171 e. The maximum absolute atomic E-state index is 14.1. The second kappa shape index (κ2) is 8.43. The molecule has 1 unspecified atom stereocenters. The Morgan fingerprint density at radius 3 is 2.38 bits per heavy atom. The van der Waals surface area contributed by atoms with Crippen LogP contribution in [0.5, 0.6) is 0 Å². The van der Waals surface area contributed by atoms with Gasteiger partial charge in [-0.3, -0.25) is 0 Å². The molecular weight excluding hydrogens is 411 g/mol. The molecule has 0 aliphatic heterocycles. The van der Waals surface area contributed by atoms with Crippen molar-refractivity contribution in [2.75, 3.05) is 5.32 Å². The van der Waals surface area contributed by atoms with Crippen molar-refractivity contribution in [3.63, 3.8) is 0 Å². The monoisotopic (exact) mass is 428 g/mol. The lowest BCUT2D eigenvalue weighted by Crippen LogP contribution is -2.33. The molecule has 0 bridgehead atoms. The van der Waals surface area contributed by atoms with Gasteiger partial charge in [-0.15, -0.1) is 0 Å². The fourth-order valence-corrected chi connectivity index (χ4v) is 3.34. The third-order valence-corrected chi connectivity index (χ3v) is 4.80. The lowest BCUT2D eigenvalue weighted by Gasteiger charge is -2.23. The van der Waals surface area contributed by atoms with E-state index in [0.717, 1.165) is 16.7 Å². The summed E-state index contributed by atoms with van der Waals surface area (Å²) in [5.41, 5.74) is 3.70. The number of rotatable bonds is 4. The van der Waals surface area contributed by atoms with Crippen LogP contribution in [-0.2, 0) is 0 Å². The van der Waals surface area contributed by atoms with E-state index in [4.69, 9.17) is 12.2 Å². The lowest BCUT2D eigenvalue weighted by molar-refractivity contribution is 0.631. The van der Waals surface area contributed by atoms with E-state index in [9.17, 15) is 4.39 Å². The molecule has 0 saturated heterocycles. The van der Waals surface area contributed by atoms with Gasteiger partial charge in [-0.25, -0.2) is 4.39 Å². The molecule has 3 aromatic carbocycles. The van der Waals surface area contributed by atoms with E-state index in [2.05, 4.69) is 45.6 Å². The van der Waals surface area contributed by atoms with Crippen LogP contribution in [0.1, 0.15) is 22.7 Å². The van der Waals surface area contributed by atoms with Crippen LogP contribution < -0.4 is 10.6 Å². The number of halogens is 2. The Morgan fingerprint density at radius 2 is 1.69 bits per heavy atom. The van der Waals surface area contributed by atoms with Gasteiger partial charge in [0.15, 0.2) is 5.11 Å². The molecule has 0 spiro atoms. The van der Waals surface area contributed by atoms with Crippen molar-refractivity contribution in [3.05, 3.63) is 99.8 Å². The summed E-state index contributed by atoms with van der Waals surface area (Å²) in [6, 6.07) is 22.9. The Kier molecular flexibility index (Phi) is 6.01. The number of thiocarbonyl (C=S) groups is 1. The van der Waals surface area contributed by atoms with E-state index in [0.29, 0.717) is 15.3 Å². The summed E-state index contributed by atoms with van der Waals surface area (Å²) in [4.78, 5) is 0. The van der Waals surface area contributed by atoms with Gasteiger partial charge in [0.2, 0.25) is 0 Å². The minimum Gasteiger partial charge on any atom is -0.352 e. The van der Waals surface area contributed by atoms with Crippen molar-refractivity contribution in [2.45, 2.75) is 13.0 Å². The minimum atomic E-state index is -0.365. The van der Waals surface area contributed by atoms with E-state index in [-0.39, 0.29) is 11.9 Å². The summed E-state index contributed by atoms with van der Waals surface area (Å²) < 4.78 is 14.8. The minimum absolute atomic E-state index is 0.129. The van der Waals surface area contributed by atoms with Gasteiger partial charge < -0.3 is 10.6 Å². The highest BCUT2D eigenvalue weighted by Crippen LogP contribution is 2.25. The Bertz CT molecular complexity index is 915. The molecule has 0 fully saturated rings. The van der Waals surface area contributed by atoms with Crippen LogP contribution in [0, 0.1) is 12.7 Å². The van der Waals surface area contributed by atoms with Crippen LogP contribution in [0.15, 0.2) is 77.3 Å². The zero-order chi connectivity index (χ0) is 18.5. The molecule has 3 aromatic rings. The average Bonchev–Trinajstić information content (AvgIpc) is 2.63. The van der Waals surface area contributed by atoms with Crippen molar-refractivity contribution in [2.24, 2.45) is 0 Å². The highest BCUT2D eigenvalue weighted by molar-refractivity contribution is 9.10. The second-order valence-electron chi connectivity index (χ2n) is 5.92. The molecule has 2 N–H and O–H groups in total. The fourth-order valence-electron chi connectivity index (χ4n) is 2.78. The molecule has 3 rings (SSSR count). The highest BCUT2D eigenvalue weighted by atomic mass is 79.9. The van der Waals surface area contributed by atoms with Gasteiger partial charge in [0.25, 0.3) is 0 Å². The SMILES string of the molecule is Cc1ccccc1C(NC(=S)Nc1ccc(Br)cc1F)c1ccccc1. The molecular formula is C21H18BrFN2S. The topological polar surface area (TPSA) is 24.1 Å². The Labute approximate surface area is 166 Å². The predicted octanol–water partition coefficient (Wildman–Crippen LogP) is 5.97. The Hall–Kier alpha value is -2.24. The molecule has 0 saturated carbocycles. The summed E-state index contributed by atoms with van der Waals surface area (Å²) in [6.45, 7) is 2.07. The number of aryl methyl sites for hydroxylation is 1. The van der Waals surface area contributed by atoms with Crippen molar-refractivity contribution in [1.82, 2.24) is 5.32 Å². The van der Waals surface area contributed by atoms with Gasteiger partial charge in [-0.2, -0.15) is 0 Å². The first kappa shape index (κ1) is 18.5. The lowest BCUT2D eigenvalue weighted by atomic mass is 9.95. The van der Waals surface area contributed by atoms with Crippen molar-refractivity contribution in [1.29, 1.82) is 0 Å². The largest absolute Gasteiger partial charge is 0.352 e. The highest BCUT2D eigenvalue weighted by Gasteiger charge is 2.17. The first-order valence-electron chi connectivity index (χ1n) is 8.17. The zero-order valence-corrected chi connectivity index (χ0v) is 16.6. The molecule has 132 valence electrons. The molecule has 0 radical (unpaired) electrons. The number of hydrogen-bond acceptors (Lipinski definition) is 1. The molecule has 0 aliphatic rings. The van der Waals surface area contributed by atoms with Crippen molar-refractivity contribution >= 4 is 38.9 Å². The molecule has 1 atom stereocenters. The molecule has 5 heteroatoms. The van der Waals surface area contributed by atoms with Crippen LogP contribution in [0.4, 0.5) is 10.1 Å². The molecule has 0 aromatic heterocycles. The third kappa shape index (κ3) is 4.48. The quantitative estimate of drug-likeness (QED) is 0.500. The Balaban J connectivity index is 1.86. The summed E-state index contributed by atoms with van der Waals surface area (Å²) >= 11 is 8.70. The summed E-state index contributed by atoms with van der Waals surface area (Å²) in [6.07, 6.45) is 0. The van der Waals surface area contributed by atoms with Gasteiger partial charge in [0.1, 0.15) is 5.82 Å². The maximum Gasteiger partial charge on any atom is 0.171 e. The van der Waals surface area contributed by atoms with Crippen LogP contribution in [0.25, 0.3) is 0 Å². The van der Waals surface area contributed by atoms with Gasteiger partial charge in [-0.1, -0.05) is 70.5 Å². The van der Waals surface area contributed by atoms with E-state index in [1.54, 1.807) is 12.1 Å². The predicted molar refractivity (Wildman–Crippen MR) is 113 cm³/mol. The van der Waals surface area contributed by atoms with Gasteiger partial charge in [0, 0.05) is 4.47 Å². The van der Waals surface area contributed by atoms with Gasteiger partial charge >= 0.3 is 0 Å². The van der Waals surface area contributed by atoms with E-state index < -0.39 is 0 Å². The van der Waals surface area contributed by atoms with Crippen molar-refractivity contribution < 1.29 is 4.39 Å². The van der Waals surface area contributed by atoms with Crippen LogP contribution in [-0.4, -0.2) is 5.11 Å². The number of benzene rings is 3. The van der Waals surface area contributed by atoms with E-state index in [1.165, 1.54) is 6.07 Å². The summed E-state index contributed by atoms with van der Waals surface area (Å²) in [5.74, 6) is -0.365. The standard InChI is InChI=1S/C21H18BrFN2S/c1-14-7-5-6-10-17(14)20(15-8-3-2-4-9-15)25-21(26)24-19-12-11-16(22)13-18(19)23/h2-13,20H,1H3,(H2,24,25,26). The zero-order valence-electron chi connectivity index (χ0n) is 14.2. The normalized spacial score (nSPS) is 11.7. The fraction of sp³-hybridized carbons (Fsp3) is 0.0952. The van der Waals surface area contributed by atoms with Gasteiger partial charge in [-0.05, 0) is 54.0 Å². The molecule has 0 heterocycles. The second-order valence-corrected chi connectivity index (χ2v) is 7.25. The van der Waals surface area contributed by atoms with Crippen LogP contribution in [0.2, 0.25) is 0 Å². The molecule has 2 nitrogen and oxygen atoms in total. The van der Waals surface area contributed by atoms with Gasteiger partial charge in [0.05, 0.1) is 11.7 Å². The third-order valence-electron chi connectivity index (χ3n) is 4.09. The number of anilines is 1. The van der Waals surface area contributed by atoms with Crippen LogP contribution >= 0.6 is 28.1 Å². The number of nitrogens with one attached hydrogen (secondary N) is 2. The molecule has 26 heavy (non-hydrogen) atoms. The summed E-state index contributed by atoms with van der Waals surface area (Å²) in [7, 11) is 0. The Morgan fingerprint density at radius 1 is 1.00 bits per heavy atom. The first-order valence-corrected chi connectivity index (χ1v) is 9.38. The molecule has 0 amide bonds. The number of hydrogen-bond donors (Lipinski definition) is 2. The van der Waals surface area contributed by atoms with E-state index >= 15 is 0 Å². The first-order chi connectivity index (χ1) is 12.5.